The highest BCUT2D eigenvalue weighted by atomic mass is 19.1. The van der Waals surface area contributed by atoms with Gasteiger partial charge in [0, 0.05) is 13.1 Å². The van der Waals surface area contributed by atoms with Crippen LogP contribution < -0.4 is 0 Å². The molecule has 1 amide bonds. The summed E-state index contributed by atoms with van der Waals surface area (Å²) in [6.45, 7) is 5.18. The highest BCUT2D eigenvalue weighted by molar-refractivity contribution is 5.80. The van der Waals surface area contributed by atoms with Crippen molar-refractivity contribution in [3.63, 3.8) is 0 Å². The lowest BCUT2D eigenvalue weighted by Gasteiger charge is -2.17. The van der Waals surface area contributed by atoms with Gasteiger partial charge in [-0.25, -0.2) is 4.39 Å². The van der Waals surface area contributed by atoms with E-state index in [1.807, 2.05) is 6.08 Å². The molecule has 2 nitrogen and oxygen atoms in total. The van der Waals surface area contributed by atoms with E-state index in [1.165, 1.54) is 12.8 Å². The summed E-state index contributed by atoms with van der Waals surface area (Å²) < 4.78 is 13.7. The highest BCUT2D eigenvalue weighted by Crippen LogP contribution is 2.15. The van der Waals surface area contributed by atoms with E-state index in [1.54, 1.807) is 4.90 Å². The van der Waals surface area contributed by atoms with Crippen LogP contribution >= 0.6 is 0 Å². The molecular weight excluding hydrogens is 229 g/mol. The smallest absolute Gasteiger partial charge is 0.257 e. The second-order valence-electron chi connectivity index (χ2n) is 5.13. The second-order valence-corrected chi connectivity index (χ2v) is 5.13. The molecule has 1 unspecified atom stereocenters. The van der Waals surface area contributed by atoms with Crippen molar-refractivity contribution in [3.05, 3.63) is 12.7 Å². The lowest BCUT2D eigenvalue weighted by Crippen LogP contribution is -2.34. The zero-order valence-electron chi connectivity index (χ0n) is 11.4. The van der Waals surface area contributed by atoms with Crippen molar-refractivity contribution in [2.24, 2.45) is 0 Å². The summed E-state index contributed by atoms with van der Waals surface area (Å²) in [4.78, 5) is 13.4. The van der Waals surface area contributed by atoms with Crippen LogP contribution in [-0.2, 0) is 4.79 Å². The molecule has 0 bridgehead atoms. The summed E-state index contributed by atoms with van der Waals surface area (Å²) in [5.41, 5.74) is 0. The molecule has 3 heteroatoms. The third kappa shape index (κ3) is 5.65. The van der Waals surface area contributed by atoms with Gasteiger partial charge in [0.05, 0.1) is 0 Å². The van der Waals surface area contributed by atoms with E-state index >= 15 is 0 Å². The number of unbranched alkanes of at least 4 members (excludes halogenated alkanes) is 5. The standard InChI is InChI=1S/C15H26FNO/c1-2-3-4-5-6-7-8-11-14(16)15(18)17-12-9-10-13-17/h2,14H,1,3-13H2. The Morgan fingerprint density at radius 2 is 1.78 bits per heavy atom. The van der Waals surface area contributed by atoms with Crippen molar-refractivity contribution in [1.29, 1.82) is 0 Å². The normalized spacial score (nSPS) is 16.8. The van der Waals surface area contributed by atoms with Crippen molar-refractivity contribution in [2.45, 2.75) is 64.0 Å². The van der Waals surface area contributed by atoms with Gasteiger partial charge in [-0.15, -0.1) is 6.58 Å². The number of hydrogen-bond donors (Lipinski definition) is 0. The molecule has 1 rings (SSSR count). The van der Waals surface area contributed by atoms with E-state index in [-0.39, 0.29) is 5.91 Å². The quantitative estimate of drug-likeness (QED) is 0.452. The van der Waals surface area contributed by atoms with Crippen molar-refractivity contribution < 1.29 is 9.18 Å². The van der Waals surface area contributed by atoms with Gasteiger partial charge in [0.1, 0.15) is 0 Å². The van der Waals surface area contributed by atoms with Gasteiger partial charge in [-0.1, -0.05) is 31.8 Å². The third-order valence-electron chi connectivity index (χ3n) is 3.55. The average Bonchev–Trinajstić information content (AvgIpc) is 2.90. The van der Waals surface area contributed by atoms with Gasteiger partial charge in [-0.2, -0.15) is 0 Å². The Balaban J connectivity index is 2.00. The first-order valence-electron chi connectivity index (χ1n) is 7.29. The van der Waals surface area contributed by atoms with E-state index in [9.17, 15) is 9.18 Å². The summed E-state index contributed by atoms with van der Waals surface area (Å²) in [7, 11) is 0. The van der Waals surface area contributed by atoms with Crippen molar-refractivity contribution in [2.75, 3.05) is 13.1 Å². The number of amides is 1. The minimum Gasteiger partial charge on any atom is -0.340 e. The van der Waals surface area contributed by atoms with Crippen molar-refractivity contribution in [3.8, 4) is 0 Å². The Bertz CT molecular complexity index is 249. The molecule has 1 aliphatic heterocycles. The maximum Gasteiger partial charge on any atom is 0.257 e. The maximum absolute atomic E-state index is 13.7. The summed E-state index contributed by atoms with van der Waals surface area (Å²) >= 11 is 0. The van der Waals surface area contributed by atoms with Gasteiger partial charge in [-0.3, -0.25) is 4.79 Å². The Hall–Kier alpha value is -0.860. The molecule has 0 saturated carbocycles. The zero-order valence-corrected chi connectivity index (χ0v) is 11.4. The fourth-order valence-electron chi connectivity index (χ4n) is 2.40. The molecule has 0 aromatic rings. The number of alkyl halides is 1. The Morgan fingerprint density at radius 3 is 2.44 bits per heavy atom. The van der Waals surface area contributed by atoms with Gasteiger partial charge in [0.2, 0.25) is 0 Å². The number of likely N-dealkylation sites (tertiary alicyclic amines) is 1. The molecule has 1 aliphatic rings. The lowest BCUT2D eigenvalue weighted by atomic mass is 10.1. The molecule has 0 aromatic carbocycles. The minimum atomic E-state index is -1.27. The number of halogens is 1. The number of rotatable bonds is 9. The van der Waals surface area contributed by atoms with Gasteiger partial charge in [-0.05, 0) is 32.1 Å². The highest BCUT2D eigenvalue weighted by Gasteiger charge is 2.25. The van der Waals surface area contributed by atoms with E-state index < -0.39 is 6.17 Å². The van der Waals surface area contributed by atoms with Crippen LogP contribution in [0.15, 0.2) is 12.7 Å². The van der Waals surface area contributed by atoms with Crippen LogP contribution in [0.25, 0.3) is 0 Å². The Labute approximate surface area is 110 Å². The number of allylic oxidation sites excluding steroid dienone is 1. The maximum atomic E-state index is 13.7. The van der Waals surface area contributed by atoms with Crippen LogP contribution in [-0.4, -0.2) is 30.1 Å². The van der Waals surface area contributed by atoms with E-state index in [2.05, 4.69) is 6.58 Å². The molecule has 0 aromatic heterocycles. The molecule has 18 heavy (non-hydrogen) atoms. The van der Waals surface area contributed by atoms with Crippen LogP contribution in [0, 0.1) is 0 Å². The largest absolute Gasteiger partial charge is 0.340 e. The zero-order chi connectivity index (χ0) is 13.2. The van der Waals surface area contributed by atoms with Gasteiger partial charge in [0.15, 0.2) is 6.17 Å². The third-order valence-corrected chi connectivity index (χ3v) is 3.55. The van der Waals surface area contributed by atoms with E-state index in [0.29, 0.717) is 6.42 Å². The molecule has 0 N–H and O–H groups in total. The molecule has 1 fully saturated rings. The molecule has 0 radical (unpaired) electrons. The predicted octanol–water partition coefficient (Wildman–Crippen LogP) is 3.86. The molecule has 104 valence electrons. The number of carbonyl (C=O) groups is 1. The molecule has 1 atom stereocenters. The first-order chi connectivity index (χ1) is 8.75. The Morgan fingerprint density at radius 1 is 1.17 bits per heavy atom. The van der Waals surface area contributed by atoms with Crippen molar-refractivity contribution in [1.82, 2.24) is 4.90 Å². The predicted molar refractivity (Wildman–Crippen MR) is 73.2 cm³/mol. The van der Waals surface area contributed by atoms with E-state index in [0.717, 1.165) is 51.6 Å². The molecule has 1 heterocycles. The van der Waals surface area contributed by atoms with Gasteiger partial charge >= 0.3 is 0 Å². The molecule has 0 aliphatic carbocycles. The molecule has 1 saturated heterocycles. The van der Waals surface area contributed by atoms with Crippen LogP contribution in [0.3, 0.4) is 0 Å². The Kier molecular flexibility index (Phi) is 7.70. The molecule has 0 spiro atoms. The van der Waals surface area contributed by atoms with Gasteiger partial charge in [0.25, 0.3) is 5.91 Å². The van der Waals surface area contributed by atoms with Crippen LogP contribution in [0.2, 0.25) is 0 Å². The second kappa shape index (κ2) is 9.12. The van der Waals surface area contributed by atoms with Crippen LogP contribution in [0.4, 0.5) is 4.39 Å². The van der Waals surface area contributed by atoms with Crippen LogP contribution in [0.1, 0.15) is 57.8 Å². The minimum absolute atomic E-state index is 0.279. The summed E-state index contributed by atoms with van der Waals surface area (Å²) in [6.07, 6.45) is 9.55. The lowest BCUT2D eigenvalue weighted by molar-refractivity contribution is -0.135. The average molecular weight is 255 g/mol. The fourth-order valence-corrected chi connectivity index (χ4v) is 2.40. The number of hydrogen-bond acceptors (Lipinski definition) is 1. The SMILES string of the molecule is C=CCCCCCCCC(F)C(=O)N1CCCC1. The topological polar surface area (TPSA) is 20.3 Å². The van der Waals surface area contributed by atoms with Gasteiger partial charge < -0.3 is 4.90 Å². The van der Waals surface area contributed by atoms with E-state index in [4.69, 9.17) is 0 Å². The number of carbonyl (C=O) groups excluding carboxylic acids is 1. The van der Waals surface area contributed by atoms with Crippen LogP contribution in [0.5, 0.6) is 0 Å². The summed E-state index contributed by atoms with van der Waals surface area (Å²) in [5, 5.41) is 0. The molecular formula is C15H26FNO. The first kappa shape index (κ1) is 15.2. The number of nitrogens with zero attached hydrogens (tertiary/aromatic N) is 1. The first-order valence-corrected chi connectivity index (χ1v) is 7.29. The monoisotopic (exact) mass is 255 g/mol. The summed E-state index contributed by atoms with van der Waals surface area (Å²) in [6, 6.07) is 0. The fraction of sp³-hybridized carbons (Fsp3) is 0.800. The summed E-state index contributed by atoms with van der Waals surface area (Å²) in [5.74, 6) is -0.279. The van der Waals surface area contributed by atoms with Crippen molar-refractivity contribution >= 4 is 5.91 Å².